The second-order valence-corrected chi connectivity index (χ2v) is 6.92. The zero-order chi connectivity index (χ0) is 15.4. The van der Waals surface area contributed by atoms with Crippen LogP contribution < -0.4 is 4.72 Å². The first-order chi connectivity index (χ1) is 10.7. The lowest BCUT2D eigenvalue weighted by atomic mass is 10.3. The molecule has 3 rings (SSSR count). The number of nitrogens with zero attached hydrogens (tertiary/aromatic N) is 4. The molecule has 1 saturated heterocycles. The highest BCUT2D eigenvalue weighted by molar-refractivity contribution is 7.87. The SMILES string of the molecule is O=S(=O)(NCCn1ccnc1-c1ccccn1)N1CCCC1. The predicted octanol–water partition coefficient (Wildman–Crippen LogP) is 0.875. The molecule has 0 spiro atoms. The van der Waals surface area contributed by atoms with Crippen LogP contribution in [-0.2, 0) is 16.8 Å². The number of aromatic nitrogens is 3. The van der Waals surface area contributed by atoms with Crippen molar-refractivity contribution in [3.8, 4) is 11.5 Å². The molecule has 1 aliphatic heterocycles. The molecule has 2 aromatic heterocycles. The molecule has 118 valence electrons. The molecule has 0 amide bonds. The van der Waals surface area contributed by atoms with Gasteiger partial charge in [0.25, 0.3) is 10.2 Å². The number of imidazole rings is 1. The fourth-order valence-electron chi connectivity index (χ4n) is 2.53. The van der Waals surface area contributed by atoms with Gasteiger partial charge in [-0.25, -0.2) is 9.71 Å². The zero-order valence-corrected chi connectivity index (χ0v) is 13.0. The Hall–Kier alpha value is -1.77. The van der Waals surface area contributed by atoms with Crippen molar-refractivity contribution < 1.29 is 8.42 Å². The fourth-order valence-corrected chi connectivity index (χ4v) is 3.80. The molecule has 22 heavy (non-hydrogen) atoms. The molecule has 0 aromatic carbocycles. The summed E-state index contributed by atoms with van der Waals surface area (Å²) in [7, 11) is -3.36. The number of rotatable bonds is 6. The van der Waals surface area contributed by atoms with Gasteiger partial charge in [0.15, 0.2) is 5.82 Å². The molecule has 0 unspecified atom stereocenters. The number of pyridine rings is 1. The Morgan fingerprint density at radius 1 is 1.14 bits per heavy atom. The third-order valence-electron chi connectivity index (χ3n) is 3.65. The van der Waals surface area contributed by atoms with E-state index < -0.39 is 10.2 Å². The van der Waals surface area contributed by atoms with Crippen LogP contribution in [0.15, 0.2) is 36.8 Å². The maximum atomic E-state index is 12.1. The molecule has 7 nitrogen and oxygen atoms in total. The van der Waals surface area contributed by atoms with E-state index in [1.165, 1.54) is 4.31 Å². The average molecular weight is 321 g/mol. The van der Waals surface area contributed by atoms with Crippen molar-refractivity contribution >= 4 is 10.2 Å². The summed E-state index contributed by atoms with van der Waals surface area (Å²) >= 11 is 0. The van der Waals surface area contributed by atoms with E-state index in [9.17, 15) is 8.42 Å². The molecule has 0 saturated carbocycles. The van der Waals surface area contributed by atoms with Crippen molar-refractivity contribution in [3.05, 3.63) is 36.8 Å². The Bertz CT molecular complexity index is 708. The topological polar surface area (TPSA) is 80.1 Å². The predicted molar refractivity (Wildman–Crippen MR) is 83.2 cm³/mol. The Labute approximate surface area is 130 Å². The highest BCUT2D eigenvalue weighted by Gasteiger charge is 2.24. The number of hydrogen-bond acceptors (Lipinski definition) is 4. The summed E-state index contributed by atoms with van der Waals surface area (Å²) in [5.74, 6) is 0.737. The van der Waals surface area contributed by atoms with E-state index in [1.54, 1.807) is 12.4 Å². The van der Waals surface area contributed by atoms with Gasteiger partial charge >= 0.3 is 0 Å². The smallest absolute Gasteiger partial charge is 0.279 e. The summed E-state index contributed by atoms with van der Waals surface area (Å²) in [4.78, 5) is 8.56. The van der Waals surface area contributed by atoms with Crippen LogP contribution in [0.2, 0.25) is 0 Å². The van der Waals surface area contributed by atoms with Crippen LogP contribution in [0.5, 0.6) is 0 Å². The Kier molecular flexibility index (Phi) is 4.51. The Morgan fingerprint density at radius 3 is 2.68 bits per heavy atom. The van der Waals surface area contributed by atoms with Gasteiger partial charge in [-0.15, -0.1) is 0 Å². The molecular formula is C14H19N5O2S. The molecule has 1 aliphatic rings. The maximum Gasteiger partial charge on any atom is 0.279 e. The third kappa shape index (κ3) is 3.34. The highest BCUT2D eigenvalue weighted by atomic mass is 32.2. The summed E-state index contributed by atoms with van der Waals surface area (Å²) in [5, 5.41) is 0. The summed E-state index contributed by atoms with van der Waals surface area (Å²) in [6.45, 7) is 2.06. The quantitative estimate of drug-likeness (QED) is 0.856. The van der Waals surface area contributed by atoms with Gasteiger partial charge in [0.05, 0.1) is 0 Å². The molecule has 0 radical (unpaired) electrons. The molecule has 0 bridgehead atoms. The first-order valence-corrected chi connectivity index (χ1v) is 8.78. The van der Waals surface area contributed by atoms with E-state index in [2.05, 4.69) is 14.7 Å². The van der Waals surface area contributed by atoms with Gasteiger partial charge in [-0.05, 0) is 25.0 Å². The lowest BCUT2D eigenvalue weighted by Crippen LogP contribution is -2.40. The summed E-state index contributed by atoms with van der Waals surface area (Å²) in [6.07, 6.45) is 7.11. The molecule has 8 heteroatoms. The second-order valence-electron chi connectivity index (χ2n) is 5.16. The van der Waals surface area contributed by atoms with Gasteiger partial charge in [0.2, 0.25) is 0 Å². The third-order valence-corrected chi connectivity index (χ3v) is 5.27. The Morgan fingerprint density at radius 2 is 1.95 bits per heavy atom. The summed E-state index contributed by atoms with van der Waals surface area (Å²) in [6, 6.07) is 5.63. The lowest BCUT2D eigenvalue weighted by molar-refractivity contribution is 0.462. The van der Waals surface area contributed by atoms with Crippen LogP contribution in [0.25, 0.3) is 11.5 Å². The largest absolute Gasteiger partial charge is 0.328 e. The van der Waals surface area contributed by atoms with Gasteiger partial charge in [-0.2, -0.15) is 12.7 Å². The first kappa shape index (κ1) is 15.1. The number of hydrogen-bond donors (Lipinski definition) is 1. The van der Waals surface area contributed by atoms with Crippen LogP contribution in [0, 0.1) is 0 Å². The minimum absolute atomic E-state index is 0.328. The van der Waals surface area contributed by atoms with Gasteiger partial charge in [0.1, 0.15) is 5.69 Å². The van der Waals surface area contributed by atoms with Crippen molar-refractivity contribution in [2.24, 2.45) is 0 Å². The minimum Gasteiger partial charge on any atom is -0.328 e. The highest BCUT2D eigenvalue weighted by Crippen LogP contribution is 2.14. The molecule has 1 fully saturated rings. The number of nitrogens with one attached hydrogen (secondary N) is 1. The van der Waals surface area contributed by atoms with Crippen molar-refractivity contribution in [1.29, 1.82) is 0 Å². The molecular weight excluding hydrogens is 302 g/mol. The van der Waals surface area contributed by atoms with Gasteiger partial charge in [-0.3, -0.25) is 4.98 Å². The zero-order valence-electron chi connectivity index (χ0n) is 12.2. The maximum absolute atomic E-state index is 12.1. The van der Waals surface area contributed by atoms with Crippen LogP contribution >= 0.6 is 0 Å². The molecule has 3 heterocycles. The van der Waals surface area contributed by atoms with E-state index in [1.807, 2.05) is 29.0 Å². The first-order valence-electron chi connectivity index (χ1n) is 7.34. The van der Waals surface area contributed by atoms with E-state index in [0.717, 1.165) is 24.4 Å². The van der Waals surface area contributed by atoms with Crippen molar-refractivity contribution in [3.63, 3.8) is 0 Å². The molecule has 0 atom stereocenters. The van der Waals surface area contributed by atoms with Crippen LogP contribution in [0.4, 0.5) is 0 Å². The standard InChI is InChI=1S/C14H19N5O2S/c20-22(21,19-9-3-4-10-19)17-8-12-18-11-7-16-14(18)13-5-1-2-6-15-13/h1-2,5-7,11,17H,3-4,8-10,12H2. The van der Waals surface area contributed by atoms with E-state index in [4.69, 9.17) is 0 Å². The molecule has 2 aromatic rings. The second kappa shape index (κ2) is 6.55. The van der Waals surface area contributed by atoms with Gasteiger partial charge < -0.3 is 4.57 Å². The fraction of sp³-hybridized carbons (Fsp3) is 0.429. The van der Waals surface area contributed by atoms with Crippen LogP contribution in [-0.4, -0.2) is 46.9 Å². The van der Waals surface area contributed by atoms with Crippen LogP contribution in [0.1, 0.15) is 12.8 Å². The monoisotopic (exact) mass is 321 g/mol. The van der Waals surface area contributed by atoms with Crippen molar-refractivity contribution in [2.45, 2.75) is 19.4 Å². The molecule has 0 aliphatic carbocycles. The average Bonchev–Trinajstić information content (AvgIpc) is 3.20. The van der Waals surface area contributed by atoms with Gasteiger partial charge in [0, 0.05) is 44.8 Å². The Balaban J connectivity index is 1.62. The van der Waals surface area contributed by atoms with E-state index >= 15 is 0 Å². The normalized spacial score (nSPS) is 16.2. The van der Waals surface area contributed by atoms with Crippen molar-refractivity contribution in [2.75, 3.05) is 19.6 Å². The minimum atomic E-state index is -3.36. The van der Waals surface area contributed by atoms with E-state index in [0.29, 0.717) is 26.2 Å². The van der Waals surface area contributed by atoms with E-state index in [-0.39, 0.29) is 0 Å². The lowest BCUT2D eigenvalue weighted by Gasteiger charge is -2.16. The van der Waals surface area contributed by atoms with Crippen molar-refractivity contribution in [1.82, 2.24) is 23.6 Å². The molecule has 1 N–H and O–H groups in total. The van der Waals surface area contributed by atoms with Crippen LogP contribution in [0.3, 0.4) is 0 Å². The summed E-state index contributed by atoms with van der Waals surface area (Å²) < 4.78 is 30.2. The van der Waals surface area contributed by atoms with Gasteiger partial charge in [-0.1, -0.05) is 6.07 Å². The summed E-state index contributed by atoms with van der Waals surface area (Å²) in [5.41, 5.74) is 0.773.